The van der Waals surface area contributed by atoms with E-state index in [1.165, 1.54) is 0 Å². The zero-order valence-corrected chi connectivity index (χ0v) is 13.0. The standard InChI is InChI=1S/C17H15BrO2/c1-10-5-14(9-15(18)6-10)17(19)12-3-4-16-13(8-12)7-11(2)20-16/h3-6,8-9,11H,7H2,1-2H3. The second-order valence-electron chi connectivity index (χ2n) is 5.30. The van der Waals surface area contributed by atoms with Crippen LogP contribution in [0.25, 0.3) is 0 Å². The van der Waals surface area contributed by atoms with Crippen LogP contribution in [-0.2, 0) is 6.42 Å². The number of fused-ring (bicyclic) bond motifs is 1. The number of hydrogen-bond acceptors (Lipinski definition) is 2. The van der Waals surface area contributed by atoms with Crippen LogP contribution in [-0.4, -0.2) is 11.9 Å². The number of ether oxygens (including phenoxy) is 1. The van der Waals surface area contributed by atoms with Gasteiger partial charge in [0, 0.05) is 22.0 Å². The Morgan fingerprint density at radius 1 is 1.20 bits per heavy atom. The summed E-state index contributed by atoms with van der Waals surface area (Å²) < 4.78 is 6.60. The first-order valence-electron chi connectivity index (χ1n) is 6.64. The molecule has 2 aromatic carbocycles. The fraction of sp³-hybridized carbons (Fsp3) is 0.235. The van der Waals surface area contributed by atoms with Crippen LogP contribution in [0, 0.1) is 6.92 Å². The van der Waals surface area contributed by atoms with Crippen molar-refractivity contribution in [3.05, 3.63) is 63.1 Å². The number of halogens is 1. The van der Waals surface area contributed by atoms with Crippen molar-refractivity contribution in [3.63, 3.8) is 0 Å². The van der Waals surface area contributed by atoms with Crippen LogP contribution in [0.4, 0.5) is 0 Å². The largest absolute Gasteiger partial charge is 0.490 e. The third-order valence-corrected chi connectivity index (χ3v) is 3.92. The molecule has 1 unspecified atom stereocenters. The van der Waals surface area contributed by atoms with E-state index in [-0.39, 0.29) is 11.9 Å². The molecule has 0 aliphatic carbocycles. The van der Waals surface area contributed by atoms with Gasteiger partial charge in [-0.25, -0.2) is 0 Å². The molecule has 1 heterocycles. The Bertz CT molecular complexity index is 671. The minimum Gasteiger partial charge on any atom is -0.490 e. The fourth-order valence-corrected chi connectivity index (χ4v) is 3.21. The maximum Gasteiger partial charge on any atom is 0.193 e. The van der Waals surface area contributed by atoms with Crippen molar-refractivity contribution in [1.82, 2.24) is 0 Å². The molecule has 3 heteroatoms. The lowest BCUT2D eigenvalue weighted by Crippen LogP contribution is -2.05. The Morgan fingerprint density at radius 3 is 2.75 bits per heavy atom. The number of carbonyl (C=O) groups is 1. The molecule has 2 nitrogen and oxygen atoms in total. The first-order chi connectivity index (χ1) is 9.52. The van der Waals surface area contributed by atoms with Crippen molar-refractivity contribution in [3.8, 4) is 5.75 Å². The lowest BCUT2D eigenvalue weighted by molar-refractivity contribution is 0.103. The number of hydrogen-bond donors (Lipinski definition) is 0. The maximum atomic E-state index is 12.6. The molecule has 20 heavy (non-hydrogen) atoms. The molecule has 0 bridgehead atoms. The lowest BCUT2D eigenvalue weighted by Gasteiger charge is -2.06. The van der Waals surface area contributed by atoms with Crippen LogP contribution < -0.4 is 4.74 Å². The average Bonchev–Trinajstić information content (AvgIpc) is 2.75. The van der Waals surface area contributed by atoms with Gasteiger partial charge in [0.25, 0.3) is 0 Å². The van der Waals surface area contributed by atoms with Crippen LogP contribution in [0.3, 0.4) is 0 Å². The monoisotopic (exact) mass is 330 g/mol. The molecule has 3 rings (SSSR count). The molecule has 0 fully saturated rings. The van der Waals surface area contributed by atoms with Crippen molar-refractivity contribution in [2.45, 2.75) is 26.4 Å². The first kappa shape index (κ1) is 13.4. The van der Waals surface area contributed by atoms with Crippen molar-refractivity contribution < 1.29 is 9.53 Å². The summed E-state index contributed by atoms with van der Waals surface area (Å²) in [6, 6.07) is 11.5. The summed E-state index contributed by atoms with van der Waals surface area (Å²) >= 11 is 3.44. The minimum atomic E-state index is 0.0525. The van der Waals surface area contributed by atoms with Gasteiger partial charge in [-0.05, 0) is 61.4 Å². The number of carbonyl (C=O) groups excluding carboxylic acids is 1. The van der Waals surface area contributed by atoms with Crippen molar-refractivity contribution >= 4 is 21.7 Å². The van der Waals surface area contributed by atoms with E-state index >= 15 is 0 Å². The summed E-state index contributed by atoms with van der Waals surface area (Å²) in [6.07, 6.45) is 1.07. The van der Waals surface area contributed by atoms with Gasteiger partial charge in [-0.3, -0.25) is 4.79 Å². The molecule has 0 saturated carbocycles. The SMILES string of the molecule is Cc1cc(Br)cc(C(=O)c2ccc3c(c2)CC(C)O3)c1. The molecule has 0 spiro atoms. The summed E-state index contributed by atoms with van der Waals surface area (Å²) in [6.45, 7) is 4.03. The van der Waals surface area contributed by atoms with Crippen molar-refractivity contribution in [2.75, 3.05) is 0 Å². The Kier molecular flexibility index (Phi) is 3.38. The number of aryl methyl sites for hydroxylation is 1. The van der Waals surface area contributed by atoms with Crippen LogP contribution in [0.1, 0.15) is 34.0 Å². The van der Waals surface area contributed by atoms with Crippen LogP contribution in [0.5, 0.6) is 5.75 Å². The van der Waals surface area contributed by atoms with Crippen molar-refractivity contribution in [1.29, 1.82) is 0 Å². The summed E-state index contributed by atoms with van der Waals surface area (Å²) in [5, 5.41) is 0. The van der Waals surface area contributed by atoms with Gasteiger partial charge >= 0.3 is 0 Å². The van der Waals surface area contributed by atoms with E-state index in [4.69, 9.17) is 4.74 Å². The second-order valence-corrected chi connectivity index (χ2v) is 6.22. The molecular weight excluding hydrogens is 316 g/mol. The highest BCUT2D eigenvalue weighted by Crippen LogP contribution is 2.30. The molecule has 2 aromatic rings. The molecular formula is C17H15BrO2. The highest BCUT2D eigenvalue weighted by atomic mass is 79.9. The van der Waals surface area contributed by atoms with Gasteiger partial charge in [0.15, 0.2) is 5.78 Å². The fourth-order valence-electron chi connectivity index (χ4n) is 2.60. The van der Waals surface area contributed by atoms with E-state index in [0.717, 1.165) is 33.3 Å². The smallest absolute Gasteiger partial charge is 0.193 e. The van der Waals surface area contributed by atoms with E-state index in [9.17, 15) is 4.79 Å². The third-order valence-electron chi connectivity index (χ3n) is 3.46. The summed E-state index contributed by atoms with van der Waals surface area (Å²) in [5.41, 5.74) is 3.62. The average molecular weight is 331 g/mol. The molecule has 0 saturated heterocycles. The zero-order valence-electron chi connectivity index (χ0n) is 11.4. The van der Waals surface area contributed by atoms with Gasteiger partial charge in [0.1, 0.15) is 11.9 Å². The maximum absolute atomic E-state index is 12.6. The summed E-state index contributed by atoms with van der Waals surface area (Å²) in [5.74, 6) is 0.955. The Hall–Kier alpha value is -1.61. The zero-order chi connectivity index (χ0) is 14.3. The van der Waals surface area contributed by atoms with Crippen LogP contribution in [0.2, 0.25) is 0 Å². The van der Waals surface area contributed by atoms with Gasteiger partial charge in [-0.15, -0.1) is 0 Å². The first-order valence-corrected chi connectivity index (χ1v) is 7.44. The Morgan fingerprint density at radius 2 is 2.00 bits per heavy atom. The second kappa shape index (κ2) is 5.06. The number of rotatable bonds is 2. The number of ketones is 1. The van der Waals surface area contributed by atoms with Gasteiger partial charge in [0.05, 0.1) is 0 Å². The van der Waals surface area contributed by atoms with Gasteiger partial charge in [-0.1, -0.05) is 15.9 Å². The van der Waals surface area contributed by atoms with Crippen LogP contribution in [0.15, 0.2) is 40.9 Å². The molecule has 0 amide bonds. The topological polar surface area (TPSA) is 26.3 Å². The quantitative estimate of drug-likeness (QED) is 0.767. The van der Waals surface area contributed by atoms with E-state index < -0.39 is 0 Å². The molecule has 1 aliphatic rings. The van der Waals surface area contributed by atoms with Gasteiger partial charge < -0.3 is 4.74 Å². The predicted molar refractivity (Wildman–Crippen MR) is 82.5 cm³/mol. The minimum absolute atomic E-state index is 0.0525. The summed E-state index contributed by atoms with van der Waals surface area (Å²) in [7, 11) is 0. The molecule has 0 radical (unpaired) electrons. The van der Waals surface area contributed by atoms with E-state index in [2.05, 4.69) is 15.9 Å². The third kappa shape index (κ3) is 2.50. The normalized spacial score (nSPS) is 16.6. The lowest BCUT2D eigenvalue weighted by atomic mass is 9.99. The highest BCUT2D eigenvalue weighted by molar-refractivity contribution is 9.10. The number of benzene rings is 2. The molecule has 102 valence electrons. The Balaban J connectivity index is 1.97. The van der Waals surface area contributed by atoms with Gasteiger partial charge in [0.2, 0.25) is 0 Å². The van der Waals surface area contributed by atoms with E-state index in [1.807, 2.05) is 50.2 Å². The van der Waals surface area contributed by atoms with E-state index in [1.54, 1.807) is 0 Å². The molecule has 0 aromatic heterocycles. The Labute approximate surface area is 126 Å². The van der Waals surface area contributed by atoms with Gasteiger partial charge in [-0.2, -0.15) is 0 Å². The predicted octanol–water partition coefficient (Wildman–Crippen LogP) is 4.31. The highest BCUT2D eigenvalue weighted by Gasteiger charge is 2.20. The van der Waals surface area contributed by atoms with Crippen molar-refractivity contribution in [2.24, 2.45) is 0 Å². The van der Waals surface area contributed by atoms with E-state index in [0.29, 0.717) is 5.56 Å². The molecule has 1 aliphatic heterocycles. The summed E-state index contributed by atoms with van der Waals surface area (Å²) in [4.78, 5) is 12.6. The van der Waals surface area contributed by atoms with Crippen LogP contribution >= 0.6 is 15.9 Å². The molecule has 0 N–H and O–H groups in total. The molecule has 1 atom stereocenters.